The highest BCUT2D eigenvalue weighted by atomic mass is 32.2. The zero-order chi connectivity index (χ0) is 18.7. The molecule has 0 radical (unpaired) electrons. The third-order valence-electron chi connectivity index (χ3n) is 3.09. The quantitative estimate of drug-likeness (QED) is 0.806. The Morgan fingerprint density at radius 1 is 1.24 bits per heavy atom. The first-order valence-corrected chi connectivity index (χ1v) is 8.59. The summed E-state index contributed by atoms with van der Waals surface area (Å²) in [6.45, 7) is 0.951. The first kappa shape index (κ1) is 18.8. The molecule has 0 fully saturated rings. The van der Waals surface area contributed by atoms with Gasteiger partial charge >= 0.3 is 6.18 Å². The molecule has 2 rings (SSSR count). The topological polar surface area (TPSA) is 93.1 Å². The number of sulfonamides is 1. The lowest BCUT2D eigenvalue weighted by Crippen LogP contribution is -2.33. The van der Waals surface area contributed by atoms with Crippen LogP contribution in [0, 0.1) is 0 Å². The molecule has 0 aliphatic heterocycles. The molecular formula is C14H15F3N4O3S. The molecule has 0 saturated heterocycles. The molecule has 0 atom stereocenters. The highest BCUT2D eigenvalue weighted by Crippen LogP contribution is 2.17. The van der Waals surface area contributed by atoms with E-state index >= 15 is 0 Å². The Morgan fingerprint density at radius 3 is 2.40 bits per heavy atom. The van der Waals surface area contributed by atoms with Gasteiger partial charge in [-0.2, -0.15) is 18.3 Å². The molecule has 0 unspecified atom stereocenters. The zero-order valence-electron chi connectivity index (χ0n) is 13.0. The maximum absolute atomic E-state index is 12.2. The molecule has 136 valence electrons. The van der Waals surface area contributed by atoms with Gasteiger partial charge in [-0.25, -0.2) is 8.42 Å². The summed E-state index contributed by atoms with van der Waals surface area (Å²) in [5.41, 5.74) is 0.191. The third-order valence-corrected chi connectivity index (χ3v) is 4.48. The molecule has 0 aliphatic carbocycles. The Morgan fingerprint density at radius 2 is 1.88 bits per heavy atom. The largest absolute Gasteiger partial charge is 0.405 e. The molecule has 0 spiro atoms. The van der Waals surface area contributed by atoms with E-state index in [2.05, 4.69) is 9.82 Å². The lowest BCUT2D eigenvalue weighted by molar-refractivity contribution is -0.123. The van der Waals surface area contributed by atoms with Gasteiger partial charge in [0.05, 0.1) is 16.8 Å². The first-order valence-electron chi connectivity index (χ1n) is 7.11. The number of carbonyl (C=O) groups excluding carboxylic acids is 1. The maximum atomic E-state index is 12.2. The Balaban J connectivity index is 2.08. The number of carbonyl (C=O) groups is 1. The van der Waals surface area contributed by atoms with Crippen molar-refractivity contribution >= 4 is 21.6 Å². The highest BCUT2D eigenvalue weighted by molar-refractivity contribution is 7.92. The molecule has 25 heavy (non-hydrogen) atoms. The normalized spacial score (nSPS) is 12.0. The van der Waals surface area contributed by atoms with E-state index in [4.69, 9.17) is 0 Å². The molecule has 11 heteroatoms. The fraction of sp³-hybridized carbons (Fsp3) is 0.286. The van der Waals surface area contributed by atoms with Gasteiger partial charge in [-0.15, -0.1) is 0 Å². The first-order chi connectivity index (χ1) is 11.6. The monoisotopic (exact) mass is 376 g/mol. The molecule has 7 nitrogen and oxygen atoms in total. The van der Waals surface area contributed by atoms with Crippen LogP contribution in [-0.4, -0.2) is 36.8 Å². The van der Waals surface area contributed by atoms with E-state index in [1.54, 1.807) is 5.32 Å². The number of amides is 1. The van der Waals surface area contributed by atoms with Crippen molar-refractivity contribution in [3.63, 3.8) is 0 Å². The van der Waals surface area contributed by atoms with Crippen molar-refractivity contribution in [2.24, 2.45) is 0 Å². The van der Waals surface area contributed by atoms with Crippen molar-refractivity contribution in [1.29, 1.82) is 0 Å². The summed E-state index contributed by atoms with van der Waals surface area (Å²) in [7, 11) is -3.90. The molecule has 0 aliphatic rings. The van der Waals surface area contributed by atoms with Gasteiger partial charge in [-0.05, 0) is 31.2 Å². The average Bonchev–Trinajstić information content (AvgIpc) is 2.99. The van der Waals surface area contributed by atoms with Crippen LogP contribution in [0.1, 0.15) is 17.3 Å². The van der Waals surface area contributed by atoms with Gasteiger partial charge < -0.3 is 5.32 Å². The summed E-state index contributed by atoms with van der Waals surface area (Å²) in [5, 5.41) is 5.64. The number of hydrogen-bond donors (Lipinski definition) is 2. The van der Waals surface area contributed by atoms with Crippen LogP contribution < -0.4 is 10.0 Å². The number of aromatic nitrogens is 2. The van der Waals surface area contributed by atoms with E-state index in [1.807, 2.05) is 6.92 Å². The van der Waals surface area contributed by atoms with Gasteiger partial charge in [0, 0.05) is 18.3 Å². The number of aryl methyl sites for hydroxylation is 1. The number of nitrogens with zero attached hydrogens (tertiary/aromatic N) is 2. The number of benzene rings is 1. The van der Waals surface area contributed by atoms with Crippen molar-refractivity contribution in [3.8, 4) is 0 Å². The maximum Gasteiger partial charge on any atom is 0.405 e. The minimum absolute atomic E-state index is 0.0815. The van der Waals surface area contributed by atoms with Crippen LogP contribution in [0.3, 0.4) is 0 Å². The molecule has 0 bridgehead atoms. The molecular weight excluding hydrogens is 361 g/mol. The Kier molecular flexibility index (Phi) is 5.36. The number of alkyl halides is 3. The van der Waals surface area contributed by atoms with E-state index in [1.165, 1.54) is 17.1 Å². The van der Waals surface area contributed by atoms with E-state index < -0.39 is 28.7 Å². The van der Waals surface area contributed by atoms with Gasteiger partial charge in [0.2, 0.25) is 0 Å². The van der Waals surface area contributed by atoms with Crippen LogP contribution in [0.5, 0.6) is 0 Å². The van der Waals surface area contributed by atoms with Crippen LogP contribution in [0.4, 0.5) is 18.9 Å². The fourth-order valence-electron chi connectivity index (χ4n) is 1.87. The molecule has 2 N–H and O–H groups in total. The molecule has 1 amide bonds. The smallest absolute Gasteiger partial charge is 0.343 e. The second kappa shape index (κ2) is 7.13. The van der Waals surface area contributed by atoms with E-state index in [0.717, 1.165) is 24.3 Å². The number of hydrogen-bond acceptors (Lipinski definition) is 4. The standard InChI is InChI=1S/C14H15F3N4O3S/c1-2-21-8-11(7-19-21)20-25(23,24)12-5-3-10(4-6-12)13(22)18-9-14(15,16)17/h3-8,20H,2,9H2,1H3,(H,18,22). The van der Waals surface area contributed by atoms with Crippen LogP contribution in [0.25, 0.3) is 0 Å². The molecule has 1 heterocycles. The van der Waals surface area contributed by atoms with Gasteiger partial charge in [0.1, 0.15) is 6.54 Å². The summed E-state index contributed by atoms with van der Waals surface area (Å²) in [6, 6.07) is 4.54. The predicted molar refractivity (Wildman–Crippen MR) is 83.5 cm³/mol. The molecule has 0 saturated carbocycles. The molecule has 2 aromatic rings. The van der Waals surface area contributed by atoms with Gasteiger partial charge in [0.15, 0.2) is 0 Å². The Labute approximate surface area is 141 Å². The van der Waals surface area contributed by atoms with Crippen molar-refractivity contribution in [2.75, 3.05) is 11.3 Å². The fourth-order valence-corrected chi connectivity index (χ4v) is 2.90. The van der Waals surface area contributed by atoms with E-state index in [9.17, 15) is 26.4 Å². The van der Waals surface area contributed by atoms with Crippen LogP contribution >= 0.6 is 0 Å². The zero-order valence-corrected chi connectivity index (χ0v) is 13.9. The molecule has 1 aromatic carbocycles. The van der Waals surface area contributed by atoms with Gasteiger partial charge in [-0.1, -0.05) is 0 Å². The van der Waals surface area contributed by atoms with Gasteiger partial charge in [-0.3, -0.25) is 14.2 Å². The van der Waals surface area contributed by atoms with Crippen molar-refractivity contribution in [2.45, 2.75) is 24.5 Å². The minimum atomic E-state index is -4.52. The summed E-state index contributed by atoms with van der Waals surface area (Å²) >= 11 is 0. The van der Waals surface area contributed by atoms with Crippen LogP contribution in [0.2, 0.25) is 0 Å². The molecule has 1 aromatic heterocycles. The number of rotatable bonds is 6. The number of nitrogens with one attached hydrogen (secondary N) is 2. The number of anilines is 1. The van der Waals surface area contributed by atoms with E-state index in [-0.39, 0.29) is 16.1 Å². The van der Waals surface area contributed by atoms with Crippen molar-refractivity contribution in [3.05, 3.63) is 42.2 Å². The summed E-state index contributed by atoms with van der Waals surface area (Å²) in [5.74, 6) is -0.946. The third kappa shape index (κ3) is 5.21. The minimum Gasteiger partial charge on any atom is -0.343 e. The average molecular weight is 376 g/mol. The lowest BCUT2D eigenvalue weighted by Gasteiger charge is -2.09. The van der Waals surface area contributed by atoms with Crippen molar-refractivity contribution < 1.29 is 26.4 Å². The van der Waals surface area contributed by atoms with Crippen LogP contribution in [-0.2, 0) is 16.6 Å². The van der Waals surface area contributed by atoms with Crippen molar-refractivity contribution in [1.82, 2.24) is 15.1 Å². The summed E-state index contributed by atoms with van der Waals surface area (Å²) < 4.78 is 64.6. The Bertz CT molecular complexity index is 845. The SMILES string of the molecule is CCn1cc(NS(=O)(=O)c2ccc(C(=O)NCC(F)(F)F)cc2)cn1. The number of halogens is 3. The highest BCUT2D eigenvalue weighted by Gasteiger charge is 2.28. The predicted octanol–water partition coefficient (Wildman–Crippen LogP) is 2.00. The summed E-state index contributed by atoms with van der Waals surface area (Å²) in [6.07, 6.45) is -1.66. The summed E-state index contributed by atoms with van der Waals surface area (Å²) in [4.78, 5) is 11.5. The van der Waals surface area contributed by atoms with Crippen LogP contribution in [0.15, 0.2) is 41.6 Å². The van der Waals surface area contributed by atoms with Gasteiger partial charge in [0.25, 0.3) is 15.9 Å². The Hall–Kier alpha value is -2.56. The second-order valence-corrected chi connectivity index (χ2v) is 6.69. The lowest BCUT2D eigenvalue weighted by atomic mass is 10.2. The van der Waals surface area contributed by atoms with E-state index in [0.29, 0.717) is 6.54 Å². The second-order valence-electron chi connectivity index (χ2n) is 5.01.